The van der Waals surface area contributed by atoms with Crippen LogP contribution in [0.2, 0.25) is 0 Å². The molecule has 6 aromatic heterocycles. The van der Waals surface area contributed by atoms with Gasteiger partial charge in [-0.2, -0.15) is 0 Å². The first-order valence-corrected chi connectivity index (χ1v) is 33.7. The van der Waals surface area contributed by atoms with E-state index in [4.69, 9.17) is 0 Å². The number of likely N-dealkylation sites (N-methyl/N-ethyl adjacent to an activating group) is 4. The lowest BCUT2D eigenvalue weighted by molar-refractivity contribution is 0.309. The van der Waals surface area contributed by atoms with Crippen LogP contribution in [0.25, 0.3) is 43.6 Å². The lowest BCUT2D eigenvalue weighted by atomic mass is 10.0. The molecule has 0 radical (unpaired) electrons. The molecule has 0 fully saturated rings. The monoisotopic (exact) mass is 1240 g/mol. The van der Waals surface area contributed by atoms with Crippen molar-refractivity contribution in [3.05, 3.63) is 272 Å². The van der Waals surface area contributed by atoms with Crippen LogP contribution in [0.4, 0.5) is 8.78 Å². The first-order chi connectivity index (χ1) is 45.3. The third-order valence-electron chi connectivity index (χ3n) is 19.9. The molecule has 93 heavy (non-hydrogen) atoms. The van der Waals surface area contributed by atoms with Crippen molar-refractivity contribution in [3.8, 4) is 0 Å². The zero-order valence-electron chi connectivity index (χ0n) is 55.6. The lowest BCUT2D eigenvalue weighted by Crippen LogP contribution is -2.27. The summed E-state index contributed by atoms with van der Waals surface area (Å²) >= 11 is 0. The molecule has 0 saturated heterocycles. The Hall–Kier alpha value is -8.52. The minimum absolute atomic E-state index is 0.104. The van der Waals surface area contributed by atoms with Crippen molar-refractivity contribution in [1.29, 1.82) is 0 Å². The third kappa shape index (κ3) is 14.1. The van der Waals surface area contributed by atoms with Gasteiger partial charge in [0.05, 0.1) is 5.52 Å². The second-order valence-electron chi connectivity index (χ2n) is 26.7. The Morgan fingerprint density at radius 1 is 0.376 bits per heavy atom. The number of fused-ring (bicyclic) bond motifs is 12. The number of pyridine rings is 2. The zero-order chi connectivity index (χ0) is 64.1. The first-order valence-electron chi connectivity index (χ1n) is 33.7. The van der Waals surface area contributed by atoms with Crippen molar-refractivity contribution in [1.82, 2.24) is 47.8 Å². The number of rotatable bonds is 12. The second-order valence-corrected chi connectivity index (χ2v) is 26.7. The van der Waals surface area contributed by atoms with Gasteiger partial charge in [-0.3, -0.25) is 9.97 Å². The molecule has 6 aromatic carbocycles. The second kappa shape index (κ2) is 28.4. The van der Waals surface area contributed by atoms with Gasteiger partial charge in [-0.05, 0) is 180 Å². The molecular formula is C81H90F2N10. The number of aryl methyl sites for hydroxylation is 11. The number of aromatic nitrogens is 6. The Labute approximate surface area is 548 Å². The summed E-state index contributed by atoms with van der Waals surface area (Å²) in [4.78, 5) is 18.1. The maximum atomic E-state index is 14.5. The van der Waals surface area contributed by atoms with E-state index in [1.54, 1.807) is 29.5 Å². The van der Waals surface area contributed by atoms with Gasteiger partial charge in [0, 0.05) is 189 Å². The Morgan fingerprint density at radius 2 is 0.796 bits per heavy atom. The standard InChI is InChI=1S/C21H24N2.C20H22FN3.C20H21FN2.C20H23N3/c1-16-8-9-20-18(14-16)19-15-22(2)12-11-21(19)23(20)13-10-17-6-4-3-5-7-17;1-14-3-4-15(12-22-14)7-10-24-19-6-5-16(21)11-17(19)18-13-23(2)9-8-20(18)24;1-22-12-11-19-17(14-22)16-8-5-9-18(21)20(16)23(19)13-10-15-6-3-2-4-7-15;1-15-5-6-19-17(12-15)18-14-22(2)10-8-20(18)23(19)11-7-16-4-3-9-21-13-16/h3-9,14H,10-13,15H2,1-2H3;3-6,11-12H,7-10,13H2,1-2H3;2-9H,10-14H2,1H3;3-6,9,12-13H,7-8,10-11,14H2,1-2H3. The highest BCUT2D eigenvalue weighted by atomic mass is 19.1. The molecule has 0 amide bonds. The summed E-state index contributed by atoms with van der Waals surface area (Å²) in [5.74, 6) is -0.258. The molecule has 0 unspecified atom stereocenters. The minimum atomic E-state index is -0.154. The van der Waals surface area contributed by atoms with Gasteiger partial charge in [-0.15, -0.1) is 0 Å². The molecule has 4 aliphatic heterocycles. The van der Waals surface area contributed by atoms with E-state index in [-0.39, 0.29) is 11.6 Å². The van der Waals surface area contributed by atoms with Crippen LogP contribution in [0.5, 0.6) is 0 Å². The van der Waals surface area contributed by atoms with Gasteiger partial charge in [0.25, 0.3) is 0 Å². The van der Waals surface area contributed by atoms with Crippen molar-refractivity contribution in [2.24, 2.45) is 0 Å². The molecule has 4 aliphatic rings. The number of para-hydroxylation sites is 1. The van der Waals surface area contributed by atoms with Crippen LogP contribution in [0, 0.1) is 32.4 Å². The predicted octanol–water partition coefficient (Wildman–Crippen LogP) is 15.5. The molecule has 0 spiro atoms. The molecule has 12 heteroatoms. The van der Waals surface area contributed by atoms with Gasteiger partial charge < -0.3 is 37.9 Å². The van der Waals surface area contributed by atoms with E-state index in [9.17, 15) is 8.78 Å². The fourth-order valence-corrected chi connectivity index (χ4v) is 15.0. The van der Waals surface area contributed by atoms with Crippen molar-refractivity contribution >= 4 is 43.6 Å². The Morgan fingerprint density at radius 3 is 1.26 bits per heavy atom. The van der Waals surface area contributed by atoms with E-state index in [1.165, 1.54) is 89.0 Å². The summed E-state index contributed by atoms with van der Waals surface area (Å²) < 4.78 is 38.0. The smallest absolute Gasteiger partial charge is 0.147 e. The fourth-order valence-electron chi connectivity index (χ4n) is 15.0. The topological polar surface area (TPSA) is 58.5 Å². The van der Waals surface area contributed by atoms with Crippen LogP contribution in [-0.2, 0) is 104 Å². The number of benzene rings is 6. The SMILES string of the molecule is CN1CCc2c(c3cccc(F)c3n2CCc2ccccc2)C1.Cc1ccc(CCn2c3c(c4cc(F)ccc42)CN(C)CC3)cn1.Cc1ccc2c(c1)c1c(n2CCc2ccccc2)CCN(C)C1.Cc1ccc2c(c1)c1c(n2CCc2cccnc2)CCN(C)C1. The molecule has 12 aromatic rings. The number of nitrogens with zero attached hydrogens (tertiary/aromatic N) is 10. The Bertz CT molecular complexity index is 4390. The largest absolute Gasteiger partial charge is 0.344 e. The van der Waals surface area contributed by atoms with Gasteiger partial charge in [0.1, 0.15) is 11.6 Å². The summed E-state index contributed by atoms with van der Waals surface area (Å²) in [7, 11) is 8.71. The first kappa shape index (κ1) is 63.2. The van der Waals surface area contributed by atoms with E-state index < -0.39 is 0 Å². The number of hydrogen-bond donors (Lipinski definition) is 0. The Balaban J connectivity index is 0.000000113. The number of halogens is 2. The molecule has 0 aliphatic carbocycles. The van der Waals surface area contributed by atoms with Crippen LogP contribution < -0.4 is 0 Å². The van der Waals surface area contributed by atoms with Gasteiger partial charge in [-0.1, -0.05) is 108 Å². The quantitative estimate of drug-likeness (QED) is 0.121. The number of hydrogen-bond acceptors (Lipinski definition) is 6. The van der Waals surface area contributed by atoms with Gasteiger partial charge in [0.2, 0.25) is 0 Å². The molecule has 0 N–H and O–H groups in total. The van der Waals surface area contributed by atoms with Crippen LogP contribution in [0.1, 0.15) is 84.1 Å². The molecular weight excluding hydrogens is 1150 g/mol. The van der Waals surface area contributed by atoms with Crippen molar-refractivity contribution in [2.45, 2.75) is 124 Å². The average molecular weight is 1240 g/mol. The van der Waals surface area contributed by atoms with Crippen LogP contribution in [0.3, 0.4) is 0 Å². The van der Waals surface area contributed by atoms with E-state index in [1.807, 2.05) is 49.8 Å². The highest BCUT2D eigenvalue weighted by Gasteiger charge is 2.27. The maximum absolute atomic E-state index is 14.5. The molecule has 0 saturated carbocycles. The van der Waals surface area contributed by atoms with Gasteiger partial charge in [-0.25, -0.2) is 8.78 Å². The van der Waals surface area contributed by atoms with E-state index >= 15 is 0 Å². The van der Waals surface area contributed by atoms with Crippen LogP contribution >= 0.6 is 0 Å². The van der Waals surface area contributed by atoms with Crippen molar-refractivity contribution < 1.29 is 8.78 Å². The molecule has 478 valence electrons. The average Bonchev–Trinajstić information content (AvgIpc) is 1.64. The minimum Gasteiger partial charge on any atom is -0.344 e. The normalized spacial score (nSPS) is 15.0. The Kier molecular flexibility index (Phi) is 19.3. The molecule has 10 heterocycles. The van der Waals surface area contributed by atoms with Gasteiger partial charge in [0.15, 0.2) is 0 Å². The summed E-state index contributed by atoms with van der Waals surface area (Å²) in [6.07, 6.45) is 14.1. The highest BCUT2D eigenvalue weighted by molar-refractivity contribution is 5.89. The summed E-state index contributed by atoms with van der Waals surface area (Å²) in [5.41, 5.74) is 25.2. The summed E-state index contributed by atoms with van der Waals surface area (Å²) in [6.45, 7) is 18.6. The predicted molar refractivity (Wildman–Crippen MR) is 378 cm³/mol. The van der Waals surface area contributed by atoms with E-state index in [0.29, 0.717) is 0 Å². The summed E-state index contributed by atoms with van der Waals surface area (Å²) in [6, 6.07) is 54.1. The summed E-state index contributed by atoms with van der Waals surface area (Å²) in [5, 5.41) is 5.05. The van der Waals surface area contributed by atoms with Crippen LogP contribution in [0.15, 0.2) is 176 Å². The molecule has 0 bridgehead atoms. The molecule has 10 nitrogen and oxygen atoms in total. The fraction of sp³-hybridized carbons (Fsp3) is 0.333. The van der Waals surface area contributed by atoms with Gasteiger partial charge >= 0.3 is 0 Å². The molecule has 0 atom stereocenters. The van der Waals surface area contributed by atoms with Crippen LogP contribution in [-0.4, -0.2) is 102 Å². The lowest BCUT2D eigenvalue weighted by Gasteiger charge is -2.24. The van der Waals surface area contributed by atoms with Crippen molar-refractivity contribution in [3.63, 3.8) is 0 Å². The van der Waals surface area contributed by atoms with E-state index in [0.717, 1.165) is 157 Å². The molecule has 16 rings (SSSR count). The van der Waals surface area contributed by atoms with Crippen molar-refractivity contribution in [2.75, 3.05) is 54.4 Å². The maximum Gasteiger partial charge on any atom is 0.147 e. The zero-order valence-corrected chi connectivity index (χ0v) is 55.6. The highest BCUT2D eigenvalue weighted by Crippen LogP contribution is 2.36. The van der Waals surface area contributed by atoms with E-state index in [2.05, 4.69) is 205 Å². The third-order valence-corrected chi connectivity index (χ3v) is 19.9.